The molecule has 0 fully saturated rings. The van der Waals surface area contributed by atoms with Crippen LogP contribution in [-0.4, -0.2) is 15.5 Å². The smallest absolute Gasteiger partial charge is 0.192 e. The van der Waals surface area contributed by atoms with Gasteiger partial charge in [-0.15, -0.1) is 0 Å². The van der Waals surface area contributed by atoms with Gasteiger partial charge < -0.3 is 5.32 Å². The van der Waals surface area contributed by atoms with Crippen LogP contribution in [0.25, 0.3) is 0 Å². The SMILES string of the molecule is CC(C)(C)NCc1ccccc1Sc1ncccn1. The summed E-state index contributed by atoms with van der Waals surface area (Å²) in [4.78, 5) is 9.71. The van der Waals surface area contributed by atoms with Crippen LogP contribution >= 0.6 is 11.8 Å². The fourth-order valence-electron chi connectivity index (χ4n) is 1.55. The summed E-state index contributed by atoms with van der Waals surface area (Å²) in [5.74, 6) is 0. The lowest BCUT2D eigenvalue weighted by Gasteiger charge is -2.21. The van der Waals surface area contributed by atoms with E-state index in [1.54, 1.807) is 24.2 Å². The second kappa shape index (κ2) is 6.17. The number of nitrogens with zero attached hydrogens (tertiary/aromatic N) is 2. The van der Waals surface area contributed by atoms with Crippen LogP contribution in [0.15, 0.2) is 52.8 Å². The average molecular weight is 273 g/mol. The summed E-state index contributed by atoms with van der Waals surface area (Å²) < 4.78 is 0. The Morgan fingerprint density at radius 1 is 1.05 bits per heavy atom. The number of aromatic nitrogens is 2. The van der Waals surface area contributed by atoms with Crippen LogP contribution in [0.2, 0.25) is 0 Å². The van der Waals surface area contributed by atoms with Crippen molar-refractivity contribution in [2.75, 3.05) is 0 Å². The molecule has 0 spiro atoms. The van der Waals surface area contributed by atoms with Crippen molar-refractivity contribution in [3.63, 3.8) is 0 Å². The van der Waals surface area contributed by atoms with Gasteiger partial charge in [0.15, 0.2) is 5.16 Å². The molecule has 0 saturated carbocycles. The zero-order valence-electron chi connectivity index (χ0n) is 11.6. The maximum Gasteiger partial charge on any atom is 0.192 e. The van der Waals surface area contributed by atoms with Crippen molar-refractivity contribution in [2.24, 2.45) is 0 Å². The van der Waals surface area contributed by atoms with E-state index in [0.717, 1.165) is 11.7 Å². The Hall–Kier alpha value is -1.39. The fraction of sp³-hybridized carbons (Fsp3) is 0.333. The molecule has 4 heteroatoms. The molecule has 1 aromatic heterocycles. The minimum absolute atomic E-state index is 0.112. The average Bonchev–Trinajstić information content (AvgIpc) is 2.38. The second-order valence-electron chi connectivity index (χ2n) is 5.34. The fourth-order valence-corrected chi connectivity index (χ4v) is 2.39. The molecule has 0 aliphatic heterocycles. The molecule has 2 aromatic rings. The van der Waals surface area contributed by atoms with Crippen LogP contribution in [0.5, 0.6) is 0 Å². The third-order valence-corrected chi connectivity index (χ3v) is 3.54. The Morgan fingerprint density at radius 2 is 1.74 bits per heavy atom. The molecule has 1 N–H and O–H groups in total. The molecular formula is C15H19N3S. The molecule has 0 amide bonds. The van der Waals surface area contributed by atoms with Crippen molar-refractivity contribution in [1.29, 1.82) is 0 Å². The number of rotatable bonds is 4. The Labute approximate surface area is 118 Å². The lowest BCUT2D eigenvalue weighted by Crippen LogP contribution is -2.35. The Balaban J connectivity index is 2.12. The molecule has 0 aliphatic rings. The first-order valence-electron chi connectivity index (χ1n) is 6.32. The van der Waals surface area contributed by atoms with E-state index in [1.165, 1.54) is 10.5 Å². The van der Waals surface area contributed by atoms with Gasteiger partial charge in [-0.05, 0) is 50.2 Å². The van der Waals surface area contributed by atoms with E-state index >= 15 is 0 Å². The zero-order valence-corrected chi connectivity index (χ0v) is 12.4. The molecule has 0 bridgehead atoms. The van der Waals surface area contributed by atoms with Gasteiger partial charge in [0.1, 0.15) is 0 Å². The van der Waals surface area contributed by atoms with Crippen LogP contribution < -0.4 is 5.32 Å². The molecule has 100 valence electrons. The normalized spacial score (nSPS) is 11.5. The van der Waals surface area contributed by atoms with Gasteiger partial charge >= 0.3 is 0 Å². The zero-order chi connectivity index (χ0) is 13.7. The number of hydrogen-bond acceptors (Lipinski definition) is 4. The molecule has 19 heavy (non-hydrogen) atoms. The minimum Gasteiger partial charge on any atom is -0.308 e. The maximum atomic E-state index is 4.26. The van der Waals surface area contributed by atoms with Crippen LogP contribution in [-0.2, 0) is 6.54 Å². The summed E-state index contributed by atoms with van der Waals surface area (Å²) in [6.45, 7) is 7.36. The highest BCUT2D eigenvalue weighted by molar-refractivity contribution is 7.99. The third-order valence-electron chi connectivity index (χ3n) is 2.53. The minimum atomic E-state index is 0.112. The molecule has 2 rings (SSSR count). The molecular weight excluding hydrogens is 254 g/mol. The van der Waals surface area contributed by atoms with Crippen molar-refractivity contribution >= 4 is 11.8 Å². The third kappa shape index (κ3) is 4.65. The molecule has 0 unspecified atom stereocenters. The van der Waals surface area contributed by atoms with Gasteiger partial charge in [0, 0.05) is 29.4 Å². The van der Waals surface area contributed by atoms with E-state index in [9.17, 15) is 0 Å². The van der Waals surface area contributed by atoms with E-state index in [4.69, 9.17) is 0 Å². The van der Waals surface area contributed by atoms with Crippen molar-refractivity contribution in [3.8, 4) is 0 Å². The molecule has 0 radical (unpaired) electrons. The summed E-state index contributed by atoms with van der Waals surface area (Å²) in [6, 6.07) is 10.2. The highest BCUT2D eigenvalue weighted by atomic mass is 32.2. The van der Waals surface area contributed by atoms with Crippen molar-refractivity contribution in [3.05, 3.63) is 48.3 Å². The van der Waals surface area contributed by atoms with E-state index < -0.39 is 0 Å². The number of nitrogens with one attached hydrogen (secondary N) is 1. The first-order chi connectivity index (χ1) is 9.04. The van der Waals surface area contributed by atoms with Gasteiger partial charge in [0.05, 0.1) is 0 Å². The largest absolute Gasteiger partial charge is 0.308 e. The van der Waals surface area contributed by atoms with E-state index in [1.807, 2.05) is 12.1 Å². The summed E-state index contributed by atoms with van der Waals surface area (Å²) in [6.07, 6.45) is 3.54. The Morgan fingerprint density at radius 3 is 2.42 bits per heavy atom. The predicted octanol–water partition coefficient (Wildman–Crippen LogP) is 3.52. The van der Waals surface area contributed by atoms with Crippen LogP contribution in [0.4, 0.5) is 0 Å². The van der Waals surface area contributed by atoms with Crippen molar-refractivity contribution in [1.82, 2.24) is 15.3 Å². The molecule has 3 nitrogen and oxygen atoms in total. The monoisotopic (exact) mass is 273 g/mol. The van der Waals surface area contributed by atoms with E-state index in [2.05, 4.69) is 54.3 Å². The maximum absolute atomic E-state index is 4.26. The Kier molecular flexibility index (Phi) is 4.56. The highest BCUT2D eigenvalue weighted by Gasteiger charge is 2.11. The quantitative estimate of drug-likeness (QED) is 0.865. The summed E-state index contributed by atoms with van der Waals surface area (Å²) >= 11 is 1.60. The number of hydrogen-bond donors (Lipinski definition) is 1. The molecule has 0 atom stereocenters. The van der Waals surface area contributed by atoms with Crippen LogP contribution in [0, 0.1) is 0 Å². The topological polar surface area (TPSA) is 37.8 Å². The molecule has 1 aromatic carbocycles. The van der Waals surface area contributed by atoms with Crippen molar-refractivity contribution in [2.45, 2.75) is 42.9 Å². The first-order valence-corrected chi connectivity index (χ1v) is 7.14. The van der Waals surface area contributed by atoms with E-state index in [-0.39, 0.29) is 5.54 Å². The van der Waals surface area contributed by atoms with Gasteiger partial charge in [-0.3, -0.25) is 0 Å². The lowest BCUT2D eigenvalue weighted by atomic mass is 10.1. The second-order valence-corrected chi connectivity index (χ2v) is 6.35. The molecule has 1 heterocycles. The summed E-state index contributed by atoms with van der Waals surface area (Å²) in [5.41, 5.74) is 1.39. The van der Waals surface area contributed by atoms with Crippen LogP contribution in [0.1, 0.15) is 26.3 Å². The first kappa shape index (κ1) is 14.0. The van der Waals surface area contributed by atoms with Gasteiger partial charge in [-0.25, -0.2) is 9.97 Å². The predicted molar refractivity (Wildman–Crippen MR) is 79.2 cm³/mol. The number of benzene rings is 1. The summed E-state index contributed by atoms with van der Waals surface area (Å²) in [7, 11) is 0. The van der Waals surface area contributed by atoms with E-state index in [0.29, 0.717) is 0 Å². The van der Waals surface area contributed by atoms with Gasteiger partial charge in [-0.1, -0.05) is 18.2 Å². The standard InChI is InChI=1S/C15H19N3S/c1-15(2,3)18-11-12-7-4-5-8-13(12)19-14-16-9-6-10-17-14/h4-10,18H,11H2,1-3H3. The highest BCUT2D eigenvalue weighted by Crippen LogP contribution is 2.27. The molecule has 0 saturated heterocycles. The van der Waals surface area contributed by atoms with Crippen LogP contribution in [0.3, 0.4) is 0 Å². The molecule has 0 aliphatic carbocycles. The Bertz CT molecular complexity index is 520. The van der Waals surface area contributed by atoms with Gasteiger partial charge in [0.25, 0.3) is 0 Å². The van der Waals surface area contributed by atoms with Gasteiger partial charge in [-0.2, -0.15) is 0 Å². The van der Waals surface area contributed by atoms with Gasteiger partial charge in [0.2, 0.25) is 0 Å². The lowest BCUT2D eigenvalue weighted by molar-refractivity contribution is 0.422. The summed E-state index contributed by atoms with van der Waals surface area (Å²) in [5, 5.41) is 4.29. The van der Waals surface area contributed by atoms with Crippen molar-refractivity contribution < 1.29 is 0 Å².